The maximum absolute atomic E-state index is 7.29. The lowest BCUT2D eigenvalue weighted by atomic mass is 10.0. The molecule has 6 heteroatoms. The first-order chi connectivity index (χ1) is 23.2. The van der Waals surface area contributed by atoms with E-state index in [-0.39, 0.29) is 0 Å². The fourth-order valence-corrected chi connectivity index (χ4v) is 8.20. The third kappa shape index (κ3) is 4.17. The first-order valence-corrected chi connectivity index (χ1v) is 16.6. The van der Waals surface area contributed by atoms with E-state index in [1.54, 1.807) is 11.3 Å². The molecule has 0 N–H and O–H groups in total. The van der Waals surface area contributed by atoms with E-state index in [1.165, 1.54) is 20.9 Å². The van der Waals surface area contributed by atoms with Gasteiger partial charge in [0.05, 0.1) is 15.3 Å². The van der Waals surface area contributed by atoms with Crippen LogP contribution >= 0.6 is 22.9 Å². The molecule has 0 aliphatic heterocycles. The maximum atomic E-state index is 7.29. The van der Waals surface area contributed by atoms with Gasteiger partial charge in [-0.05, 0) is 57.9 Å². The number of rotatable bonds is 3. The lowest BCUT2D eigenvalue weighted by Crippen LogP contribution is -2.00. The van der Waals surface area contributed by atoms with Crippen LogP contribution < -0.4 is 0 Å². The lowest BCUT2D eigenvalue weighted by molar-refractivity contribution is 0.669. The van der Waals surface area contributed by atoms with Gasteiger partial charge in [-0.3, -0.25) is 0 Å². The minimum atomic E-state index is 0.515. The Morgan fingerprint density at radius 3 is 2.02 bits per heavy atom. The van der Waals surface area contributed by atoms with Crippen molar-refractivity contribution < 1.29 is 4.42 Å². The average Bonchev–Trinajstić information content (AvgIpc) is 3.69. The van der Waals surface area contributed by atoms with E-state index < -0.39 is 0 Å². The molecule has 0 atom stereocenters. The van der Waals surface area contributed by atoms with Crippen LogP contribution in [0.15, 0.2) is 138 Å². The van der Waals surface area contributed by atoms with Crippen LogP contribution in [0.3, 0.4) is 0 Å². The molecule has 0 saturated carbocycles. The number of aromatic nitrogens is 3. The molecule has 3 heterocycles. The van der Waals surface area contributed by atoms with Crippen molar-refractivity contribution in [3.63, 3.8) is 0 Å². The molecule has 0 radical (unpaired) electrons. The van der Waals surface area contributed by atoms with Crippen LogP contribution in [0.5, 0.6) is 0 Å². The summed E-state index contributed by atoms with van der Waals surface area (Å²) >= 11 is 8.99. The van der Waals surface area contributed by atoms with Crippen molar-refractivity contribution >= 4 is 86.6 Å². The topological polar surface area (TPSA) is 51.8 Å². The molecule has 10 rings (SSSR count). The monoisotopic (exact) mass is 639 g/mol. The summed E-state index contributed by atoms with van der Waals surface area (Å²) in [5.74, 6) is 1.62. The Morgan fingerprint density at radius 2 is 1.17 bits per heavy atom. The maximum Gasteiger partial charge on any atom is 0.167 e. The number of furan rings is 1. The molecule has 47 heavy (non-hydrogen) atoms. The van der Waals surface area contributed by atoms with E-state index >= 15 is 0 Å². The van der Waals surface area contributed by atoms with Gasteiger partial charge < -0.3 is 4.42 Å². The zero-order valence-corrected chi connectivity index (χ0v) is 26.3. The fourth-order valence-electron chi connectivity index (χ4n) is 6.66. The number of hydrogen-bond acceptors (Lipinski definition) is 5. The Kier molecular flexibility index (Phi) is 5.77. The number of benzene rings is 7. The molecule has 0 bridgehead atoms. The normalized spacial score (nSPS) is 11.9. The van der Waals surface area contributed by atoms with Crippen LogP contribution in [-0.2, 0) is 0 Å². The number of fused-ring (bicyclic) bond motifs is 8. The van der Waals surface area contributed by atoms with Crippen molar-refractivity contribution in [2.24, 2.45) is 0 Å². The van der Waals surface area contributed by atoms with Gasteiger partial charge in [-0.2, -0.15) is 0 Å². The Balaban J connectivity index is 1.22. The summed E-state index contributed by atoms with van der Waals surface area (Å²) in [6.07, 6.45) is 0. The van der Waals surface area contributed by atoms with E-state index in [9.17, 15) is 0 Å². The number of nitrogens with zero attached hydrogens (tertiary/aromatic N) is 3. The van der Waals surface area contributed by atoms with E-state index in [0.29, 0.717) is 22.5 Å². The first-order valence-electron chi connectivity index (χ1n) is 15.4. The quantitative estimate of drug-likeness (QED) is 0.193. The predicted octanol–water partition coefficient (Wildman–Crippen LogP) is 12.1. The van der Waals surface area contributed by atoms with Crippen molar-refractivity contribution in [2.75, 3.05) is 0 Å². The van der Waals surface area contributed by atoms with E-state index in [1.807, 2.05) is 48.5 Å². The Morgan fingerprint density at radius 1 is 0.489 bits per heavy atom. The SMILES string of the molecule is Clc1c(-c2nc(-c3ccc4ccccc4c3)nc(-c3cccc4c3oc3ccccc34)n2)ccc2c1sc1cc3ccccc3cc12. The standard InChI is InChI=1S/C41H22ClN3OS/c42-36-31(19-18-30-33-21-25-10-3-4-11-26(25)22-35(33)47-38(30)36)40-43-39(27-17-16-23-8-1-2-9-24(23)20-27)44-41(45-40)32-14-7-13-29-28-12-5-6-15-34(28)46-37(29)32/h1-22H. The minimum absolute atomic E-state index is 0.515. The highest BCUT2D eigenvalue weighted by molar-refractivity contribution is 7.26. The van der Waals surface area contributed by atoms with Gasteiger partial charge in [0.25, 0.3) is 0 Å². The molecule has 3 aromatic heterocycles. The highest BCUT2D eigenvalue weighted by Gasteiger charge is 2.20. The third-order valence-electron chi connectivity index (χ3n) is 8.98. The minimum Gasteiger partial charge on any atom is -0.455 e. The number of thiophene rings is 1. The molecular formula is C41H22ClN3OS. The summed E-state index contributed by atoms with van der Waals surface area (Å²) < 4.78 is 8.62. The van der Waals surface area contributed by atoms with Gasteiger partial charge >= 0.3 is 0 Å². The summed E-state index contributed by atoms with van der Waals surface area (Å²) in [5.41, 5.74) is 4.03. The molecule has 0 unspecified atom stereocenters. The fraction of sp³-hybridized carbons (Fsp3) is 0. The van der Waals surface area contributed by atoms with Crippen molar-refractivity contribution in [1.29, 1.82) is 0 Å². The smallest absolute Gasteiger partial charge is 0.167 e. The Hall–Kier alpha value is -5.62. The van der Waals surface area contributed by atoms with Gasteiger partial charge in [-0.15, -0.1) is 11.3 Å². The summed E-state index contributed by atoms with van der Waals surface area (Å²) in [6.45, 7) is 0. The van der Waals surface area contributed by atoms with E-state index in [0.717, 1.165) is 59.5 Å². The molecule has 10 aromatic rings. The summed E-state index contributed by atoms with van der Waals surface area (Å²) in [4.78, 5) is 15.2. The van der Waals surface area contributed by atoms with Gasteiger partial charge in [-0.1, -0.05) is 109 Å². The van der Waals surface area contributed by atoms with E-state index in [4.69, 9.17) is 31.0 Å². The van der Waals surface area contributed by atoms with Crippen LogP contribution in [0.2, 0.25) is 5.02 Å². The first kappa shape index (κ1) is 26.6. The number of hydrogen-bond donors (Lipinski definition) is 0. The molecule has 0 saturated heterocycles. The molecule has 220 valence electrons. The van der Waals surface area contributed by atoms with Gasteiger partial charge in [0, 0.05) is 37.4 Å². The zero-order valence-electron chi connectivity index (χ0n) is 24.7. The highest BCUT2D eigenvalue weighted by atomic mass is 35.5. The molecular weight excluding hydrogens is 618 g/mol. The van der Waals surface area contributed by atoms with Gasteiger partial charge in [0.15, 0.2) is 17.5 Å². The Bertz CT molecular complexity index is 2890. The second-order valence-electron chi connectivity index (χ2n) is 11.8. The summed E-state index contributed by atoms with van der Waals surface area (Å²) in [5, 5.41) is 9.72. The molecule has 0 aliphatic carbocycles. The van der Waals surface area contributed by atoms with Crippen LogP contribution in [-0.4, -0.2) is 15.0 Å². The van der Waals surface area contributed by atoms with Crippen LogP contribution in [0, 0.1) is 0 Å². The van der Waals surface area contributed by atoms with Crippen LogP contribution in [0.25, 0.3) is 97.8 Å². The van der Waals surface area contributed by atoms with Crippen LogP contribution in [0.1, 0.15) is 0 Å². The lowest BCUT2D eigenvalue weighted by Gasteiger charge is -2.11. The average molecular weight is 640 g/mol. The van der Waals surface area contributed by atoms with Crippen molar-refractivity contribution in [1.82, 2.24) is 15.0 Å². The third-order valence-corrected chi connectivity index (χ3v) is 10.7. The van der Waals surface area contributed by atoms with Crippen molar-refractivity contribution in [3.05, 3.63) is 138 Å². The molecule has 0 aliphatic rings. The summed E-state index contributed by atoms with van der Waals surface area (Å²) in [7, 11) is 0. The predicted molar refractivity (Wildman–Crippen MR) is 196 cm³/mol. The zero-order chi connectivity index (χ0) is 31.1. The van der Waals surface area contributed by atoms with Gasteiger partial charge in [-0.25, -0.2) is 15.0 Å². The number of halogens is 1. The molecule has 4 nitrogen and oxygen atoms in total. The second-order valence-corrected chi connectivity index (χ2v) is 13.2. The van der Waals surface area contributed by atoms with Gasteiger partial charge in [0.1, 0.15) is 11.2 Å². The molecule has 0 amide bonds. The van der Waals surface area contributed by atoms with Crippen molar-refractivity contribution in [2.45, 2.75) is 0 Å². The summed E-state index contributed by atoms with van der Waals surface area (Å²) in [6, 6.07) is 45.9. The largest absolute Gasteiger partial charge is 0.455 e. The van der Waals surface area contributed by atoms with Gasteiger partial charge in [0.2, 0.25) is 0 Å². The highest BCUT2D eigenvalue weighted by Crippen LogP contribution is 2.44. The molecule has 7 aromatic carbocycles. The Labute approximate surface area is 277 Å². The number of para-hydroxylation sites is 2. The van der Waals surface area contributed by atoms with E-state index in [2.05, 4.69) is 84.9 Å². The molecule has 0 fully saturated rings. The second kappa shape index (κ2) is 10.2. The van der Waals surface area contributed by atoms with Crippen molar-refractivity contribution in [3.8, 4) is 34.2 Å². The molecule has 0 spiro atoms. The van der Waals surface area contributed by atoms with Crippen LogP contribution in [0.4, 0.5) is 0 Å².